The second-order valence-corrected chi connectivity index (χ2v) is 5.99. The zero-order valence-electron chi connectivity index (χ0n) is 12.3. The Morgan fingerprint density at radius 3 is 2.68 bits per heavy atom. The van der Waals surface area contributed by atoms with E-state index < -0.39 is 0 Å². The Bertz CT molecular complexity index is 274. The third-order valence-electron chi connectivity index (χ3n) is 3.19. The Hall–Kier alpha value is -0.380. The van der Waals surface area contributed by atoms with Gasteiger partial charge in [0.2, 0.25) is 0 Å². The first kappa shape index (κ1) is 16.7. The molecule has 0 aliphatic rings. The molecule has 2 nitrogen and oxygen atoms in total. The molecule has 0 saturated heterocycles. The van der Waals surface area contributed by atoms with E-state index in [4.69, 9.17) is 4.74 Å². The van der Waals surface area contributed by atoms with Crippen LogP contribution in [0.4, 0.5) is 0 Å². The van der Waals surface area contributed by atoms with Gasteiger partial charge in [0.25, 0.3) is 0 Å². The molecule has 3 heteroatoms. The summed E-state index contributed by atoms with van der Waals surface area (Å²) in [6.07, 6.45) is 9.15. The Balaban J connectivity index is 1.72. The Kier molecular flexibility index (Phi) is 11.1. The summed E-state index contributed by atoms with van der Waals surface area (Å²) in [6.45, 7) is 6.06. The molecule has 19 heavy (non-hydrogen) atoms. The highest BCUT2D eigenvalue weighted by Crippen LogP contribution is 2.08. The van der Waals surface area contributed by atoms with Gasteiger partial charge in [0.1, 0.15) is 0 Å². The SMILES string of the molecule is CCCCCCCCOCCNCCc1cccs1. The summed E-state index contributed by atoms with van der Waals surface area (Å²) in [6, 6.07) is 4.31. The van der Waals surface area contributed by atoms with E-state index in [1.54, 1.807) is 0 Å². The molecule has 0 radical (unpaired) electrons. The molecule has 0 aliphatic carbocycles. The van der Waals surface area contributed by atoms with E-state index in [0.29, 0.717) is 0 Å². The van der Waals surface area contributed by atoms with Crippen LogP contribution in [0.3, 0.4) is 0 Å². The highest BCUT2D eigenvalue weighted by Gasteiger charge is 1.94. The lowest BCUT2D eigenvalue weighted by molar-refractivity contribution is 0.131. The first-order valence-electron chi connectivity index (χ1n) is 7.74. The Morgan fingerprint density at radius 2 is 1.89 bits per heavy atom. The smallest absolute Gasteiger partial charge is 0.0590 e. The monoisotopic (exact) mass is 283 g/mol. The van der Waals surface area contributed by atoms with Gasteiger partial charge in [-0.15, -0.1) is 11.3 Å². The summed E-state index contributed by atoms with van der Waals surface area (Å²) in [4.78, 5) is 1.46. The molecular weight excluding hydrogens is 254 g/mol. The molecule has 0 saturated carbocycles. The van der Waals surface area contributed by atoms with Gasteiger partial charge in [-0.05, 0) is 24.3 Å². The van der Waals surface area contributed by atoms with Crippen molar-refractivity contribution in [3.8, 4) is 0 Å². The third-order valence-corrected chi connectivity index (χ3v) is 4.13. The van der Waals surface area contributed by atoms with E-state index in [1.165, 1.54) is 43.4 Å². The summed E-state index contributed by atoms with van der Waals surface area (Å²) in [5.74, 6) is 0. The zero-order valence-corrected chi connectivity index (χ0v) is 13.1. The Labute approximate surface area is 122 Å². The first-order chi connectivity index (χ1) is 9.43. The van der Waals surface area contributed by atoms with Crippen LogP contribution in [0.1, 0.15) is 50.3 Å². The highest BCUT2D eigenvalue weighted by atomic mass is 32.1. The van der Waals surface area contributed by atoms with Crippen molar-refractivity contribution in [3.63, 3.8) is 0 Å². The molecule has 0 amide bonds. The van der Waals surface area contributed by atoms with E-state index in [9.17, 15) is 0 Å². The maximum Gasteiger partial charge on any atom is 0.0590 e. The minimum atomic E-state index is 0.847. The summed E-state index contributed by atoms with van der Waals surface area (Å²) < 4.78 is 5.62. The third kappa shape index (κ3) is 10.1. The van der Waals surface area contributed by atoms with E-state index in [2.05, 4.69) is 29.8 Å². The molecule has 0 fully saturated rings. The van der Waals surface area contributed by atoms with Gasteiger partial charge in [0.05, 0.1) is 6.61 Å². The number of nitrogens with one attached hydrogen (secondary N) is 1. The Morgan fingerprint density at radius 1 is 1.05 bits per heavy atom. The zero-order chi connectivity index (χ0) is 13.6. The van der Waals surface area contributed by atoms with Crippen LogP contribution in [0.2, 0.25) is 0 Å². The van der Waals surface area contributed by atoms with E-state index in [1.807, 2.05) is 11.3 Å². The standard InChI is InChI=1S/C16H29NOS/c1-2-3-4-5-6-7-13-18-14-12-17-11-10-16-9-8-15-19-16/h8-9,15,17H,2-7,10-14H2,1H3. The van der Waals surface area contributed by atoms with Crippen molar-refractivity contribution in [1.82, 2.24) is 5.32 Å². The number of hydrogen-bond donors (Lipinski definition) is 1. The van der Waals surface area contributed by atoms with Gasteiger partial charge < -0.3 is 10.1 Å². The van der Waals surface area contributed by atoms with Crippen LogP contribution in [-0.4, -0.2) is 26.3 Å². The molecule has 110 valence electrons. The van der Waals surface area contributed by atoms with Gasteiger partial charge in [0.15, 0.2) is 0 Å². The molecule has 0 atom stereocenters. The average Bonchev–Trinajstić information content (AvgIpc) is 2.93. The minimum Gasteiger partial charge on any atom is -0.380 e. The number of rotatable bonds is 13. The molecule has 0 aromatic carbocycles. The van der Waals surface area contributed by atoms with Crippen molar-refractivity contribution in [2.24, 2.45) is 0 Å². The van der Waals surface area contributed by atoms with E-state index in [0.717, 1.165) is 32.7 Å². The quantitative estimate of drug-likeness (QED) is 0.546. The topological polar surface area (TPSA) is 21.3 Å². The van der Waals surface area contributed by atoms with E-state index in [-0.39, 0.29) is 0 Å². The molecular formula is C16H29NOS. The fraction of sp³-hybridized carbons (Fsp3) is 0.750. The summed E-state index contributed by atoms with van der Waals surface area (Å²) in [7, 11) is 0. The van der Waals surface area contributed by atoms with Crippen LogP contribution in [0.25, 0.3) is 0 Å². The van der Waals surface area contributed by atoms with Gasteiger partial charge in [0, 0.05) is 24.6 Å². The molecule has 1 heterocycles. The second kappa shape index (κ2) is 12.6. The average molecular weight is 283 g/mol. The summed E-state index contributed by atoms with van der Waals surface area (Å²) in [5.41, 5.74) is 0. The largest absolute Gasteiger partial charge is 0.380 e. The number of hydrogen-bond acceptors (Lipinski definition) is 3. The van der Waals surface area contributed by atoms with Crippen molar-refractivity contribution >= 4 is 11.3 Å². The predicted octanol–water partition coefficient (Wildman–Crippen LogP) is 4.26. The molecule has 1 rings (SSSR count). The van der Waals surface area contributed by atoms with Gasteiger partial charge in [-0.1, -0.05) is 45.1 Å². The lowest BCUT2D eigenvalue weighted by Crippen LogP contribution is -2.22. The fourth-order valence-corrected chi connectivity index (χ4v) is 2.73. The van der Waals surface area contributed by atoms with Crippen LogP contribution in [0.15, 0.2) is 17.5 Å². The molecule has 1 aromatic rings. The normalized spacial score (nSPS) is 11.0. The molecule has 1 aromatic heterocycles. The summed E-state index contributed by atoms with van der Waals surface area (Å²) >= 11 is 1.83. The van der Waals surface area contributed by atoms with Crippen molar-refractivity contribution in [1.29, 1.82) is 0 Å². The maximum atomic E-state index is 5.62. The van der Waals surface area contributed by atoms with Crippen LogP contribution >= 0.6 is 11.3 Å². The van der Waals surface area contributed by atoms with Gasteiger partial charge in [-0.3, -0.25) is 0 Å². The van der Waals surface area contributed by atoms with Gasteiger partial charge >= 0.3 is 0 Å². The molecule has 0 spiro atoms. The minimum absolute atomic E-state index is 0.847. The maximum absolute atomic E-state index is 5.62. The van der Waals surface area contributed by atoms with Crippen LogP contribution in [0, 0.1) is 0 Å². The van der Waals surface area contributed by atoms with Crippen LogP contribution < -0.4 is 5.32 Å². The lowest BCUT2D eigenvalue weighted by atomic mass is 10.1. The number of ether oxygens (including phenoxy) is 1. The number of thiophene rings is 1. The van der Waals surface area contributed by atoms with Crippen molar-refractivity contribution in [2.75, 3.05) is 26.3 Å². The lowest BCUT2D eigenvalue weighted by Gasteiger charge is -2.05. The predicted molar refractivity (Wildman–Crippen MR) is 85.1 cm³/mol. The molecule has 0 aliphatic heterocycles. The summed E-state index contributed by atoms with van der Waals surface area (Å²) in [5, 5.41) is 5.56. The first-order valence-corrected chi connectivity index (χ1v) is 8.62. The molecule has 0 bridgehead atoms. The van der Waals surface area contributed by atoms with Crippen molar-refractivity contribution < 1.29 is 4.74 Å². The van der Waals surface area contributed by atoms with Crippen molar-refractivity contribution in [3.05, 3.63) is 22.4 Å². The van der Waals surface area contributed by atoms with Gasteiger partial charge in [-0.25, -0.2) is 0 Å². The fourth-order valence-electron chi connectivity index (χ4n) is 2.02. The van der Waals surface area contributed by atoms with Crippen molar-refractivity contribution in [2.45, 2.75) is 51.9 Å². The van der Waals surface area contributed by atoms with E-state index >= 15 is 0 Å². The molecule has 1 N–H and O–H groups in total. The van der Waals surface area contributed by atoms with Crippen LogP contribution in [0.5, 0.6) is 0 Å². The molecule has 0 unspecified atom stereocenters. The number of unbranched alkanes of at least 4 members (excludes halogenated alkanes) is 5. The second-order valence-electron chi connectivity index (χ2n) is 4.96. The highest BCUT2D eigenvalue weighted by molar-refractivity contribution is 7.09. The van der Waals surface area contributed by atoms with Crippen LogP contribution in [-0.2, 0) is 11.2 Å². The van der Waals surface area contributed by atoms with Gasteiger partial charge in [-0.2, -0.15) is 0 Å².